The van der Waals surface area contributed by atoms with E-state index in [4.69, 9.17) is 4.42 Å². The number of anilines is 1. The highest BCUT2D eigenvalue weighted by Crippen LogP contribution is 2.23. The minimum absolute atomic E-state index is 0.0788. The van der Waals surface area contributed by atoms with E-state index in [0.29, 0.717) is 16.7 Å². The lowest BCUT2D eigenvalue weighted by molar-refractivity contribution is 0.0914. The highest BCUT2D eigenvalue weighted by molar-refractivity contribution is 7.98. The van der Waals surface area contributed by atoms with Crippen molar-refractivity contribution in [3.63, 3.8) is 0 Å². The fraction of sp³-hybridized carbons (Fsp3) is 0.471. The monoisotopic (exact) mass is 348 g/mol. The number of thioether (sulfide) groups is 1. The van der Waals surface area contributed by atoms with Crippen molar-refractivity contribution in [2.75, 3.05) is 19.0 Å². The van der Waals surface area contributed by atoms with Gasteiger partial charge < -0.3 is 14.6 Å². The quantitative estimate of drug-likeness (QED) is 0.612. The number of nitrogens with one attached hydrogen (secondary N) is 1. The maximum absolute atomic E-state index is 11.9. The lowest BCUT2D eigenvalue weighted by Gasteiger charge is -2.13. The Morgan fingerprint density at radius 3 is 2.71 bits per heavy atom. The van der Waals surface area contributed by atoms with Crippen molar-refractivity contribution in [3.05, 3.63) is 35.4 Å². The summed E-state index contributed by atoms with van der Waals surface area (Å²) in [6.07, 6.45) is 0.858. The third-order valence-electron chi connectivity index (χ3n) is 3.21. The lowest BCUT2D eigenvalue weighted by atomic mass is 10.3. The van der Waals surface area contributed by atoms with Gasteiger partial charge >= 0.3 is 0 Å². The Bertz CT molecular complexity index is 698. The van der Waals surface area contributed by atoms with Gasteiger partial charge in [0.2, 0.25) is 0 Å². The van der Waals surface area contributed by atoms with Gasteiger partial charge in [-0.3, -0.25) is 4.79 Å². The van der Waals surface area contributed by atoms with Crippen molar-refractivity contribution in [1.29, 1.82) is 0 Å². The minimum atomic E-state index is -0.194. The molecule has 2 aromatic heterocycles. The Morgan fingerprint density at radius 1 is 1.33 bits per heavy atom. The van der Waals surface area contributed by atoms with Crippen LogP contribution >= 0.6 is 11.8 Å². The van der Waals surface area contributed by atoms with Gasteiger partial charge in [-0.2, -0.15) is 0 Å². The molecule has 0 aliphatic rings. The van der Waals surface area contributed by atoms with E-state index >= 15 is 0 Å². The van der Waals surface area contributed by atoms with Crippen molar-refractivity contribution >= 4 is 23.5 Å². The first-order valence-electron chi connectivity index (χ1n) is 7.96. The predicted octanol–water partition coefficient (Wildman–Crippen LogP) is 3.13. The summed E-state index contributed by atoms with van der Waals surface area (Å²) in [5.74, 6) is 2.33. The molecule has 7 heteroatoms. The number of carbonyl (C=O) groups excluding carboxylic acids is 1. The third-order valence-corrected chi connectivity index (χ3v) is 4.08. The second kappa shape index (κ2) is 8.19. The molecule has 1 amide bonds. The summed E-state index contributed by atoms with van der Waals surface area (Å²) in [5.41, 5.74) is 1.01. The SMILES string of the molecule is CCc1cc(N(C)C)nc(SCc2ccc(C(=O)NC(C)C)o2)n1. The van der Waals surface area contributed by atoms with Gasteiger partial charge in [0.15, 0.2) is 10.9 Å². The molecular weight excluding hydrogens is 324 g/mol. The molecule has 6 nitrogen and oxygen atoms in total. The third kappa shape index (κ3) is 4.99. The van der Waals surface area contributed by atoms with E-state index in [1.807, 2.05) is 45.0 Å². The van der Waals surface area contributed by atoms with Crippen LogP contribution in [0.4, 0.5) is 5.82 Å². The molecule has 0 spiro atoms. The van der Waals surface area contributed by atoms with E-state index in [1.165, 1.54) is 11.8 Å². The Kier molecular flexibility index (Phi) is 6.25. The molecule has 0 radical (unpaired) electrons. The van der Waals surface area contributed by atoms with Crippen LogP contribution in [0.25, 0.3) is 0 Å². The second-order valence-corrected chi connectivity index (χ2v) is 6.87. The summed E-state index contributed by atoms with van der Waals surface area (Å²) in [6.45, 7) is 5.90. The first kappa shape index (κ1) is 18.3. The smallest absolute Gasteiger partial charge is 0.287 e. The van der Waals surface area contributed by atoms with Crippen LogP contribution in [0.15, 0.2) is 27.8 Å². The van der Waals surface area contributed by atoms with Gasteiger partial charge in [-0.1, -0.05) is 18.7 Å². The number of rotatable bonds is 7. The van der Waals surface area contributed by atoms with Crippen LogP contribution in [0.5, 0.6) is 0 Å². The van der Waals surface area contributed by atoms with Crippen molar-refractivity contribution in [2.45, 2.75) is 44.1 Å². The van der Waals surface area contributed by atoms with E-state index in [0.717, 1.165) is 23.7 Å². The molecule has 0 aromatic carbocycles. The molecule has 0 aliphatic carbocycles. The van der Waals surface area contributed by atoms with Crippen LogP contribution in [0.2, 0.25) is 0 Å². The number of carbonyl (C=O) groups is 1. The fourth-order valence-corrected chi connectivity index (χ4v) is 2.75. The summed E-state index contributed by atoms with van der Waals surface area (Å²) in [4.78, 5) is 22.9. The van der Waals surface area contributed by atoms with Crippen molar-refractivity contribution < 1.29 is 9.21 Å². The molecule has 2 aromatic rings. The Labute approximate surface area is 147 Å². The van der Waals surface area contributed by atoms with Crippen molar-refractivity contribution in [1.82, 2.24) is 15.3 Å². The zero-order chi connectivity index (χ0) is 17.7. The largest absolute Gasteiger partial charge is 0.455 e. The van der Waals surface area contributed by atoms with Crippen molar-refractivity contribution in [3.8, 4) is 0 Å². The maximum Gasteiger partial charge on any atom is 0.287 e. The number of aromatic nitrogens is 2. The first-order chi connectivity index (χ1) is 11.4. The molecule has 0 atom stereocenters. The van der Waals surface area contributed by atoms with Gasteiger partial charge in [-0.05, 0) is 32.4 Å². The predicted molar refractivity (Wildman–Crippen MR) is 96.6 cm³/mol. The topological polar surface area (TPSA) is 71.3 Å². The van der Waals surface area contributed by atoms with E-state index in [-0.39, 0.29) is 11.9 Å². The number of furan rings is 1. The van der Waals surface area contributed by atoms with Gasteiger partial charge in [0, 0.05) is 31.9 Å². The fourth-order valence-electron chi connectivity index (χ4n) is 1.98. The van der Waals surface area contributed by atoms with Crippen LogP contribution in [0.3, 0.4) is 0 Å². The molecule has 0 fully saturated rings. The number of hydrogen-bond acceptors (Lipinski definition) is 6. The number of nitrogens with zero attached hydrogens (tertiary/aromatic N) is 3. The molecule has 2 rings (SSSR count). The highest BCUT2D eigenvalue weighted by Gasteiger charge is 2.13. The minimum Gasteiger partial charge on any atom is -0.455 e. The van der Waals surface area contributed by atoms with Gasteiger partial charge in [0.25, 0.3) is 5.91 Å². The van der Waals surface area contributed by atoms with Crippen LogP contribution in [-0.2, 0) is 12.2 Å². The Balaban J connectivity index is 2.04. The van der Waals surface area contributed by atoms with Gasteiger partial charge in [0.1, 0.15) is 11.6 Å². The average molecular weight is 348 g/mol. The summed E-state index contributed by atoms with van der Waals surface area (Å²) in [6, 6.07) is 5.58. The molecule has 0 unspecified atom stereocenters. The van der Waals surface area contributed by atoms with Gasteiger partial charge in [-0.25, -0.2) is 9.97 Å². The molecular formula is C17H24N4O2S. The second-order valence-electron chi connectivity index (χ2n) is 5.93. The standard InChI is InChI=1S/C17H24N4O2S/c1-6-12-9-15(21(4)5)20-17(19-12)24-10-13-7-8-14(23-13)16(22)18-11(2)3/h7-9,11H,6,10H2,1-5H3,(H,18,22). The van der Waals surface area contributed by atoms with Crippen LogP contribution < -0.4 is 10.2 Å². The van der Waals surface area contributed by atoms with E-state index < -0.39 is 0 Å². The van der Waals surface area contributed by atoms with E-state index in [2.05, 4.69) is 22.2 Å². The molecule has 0 saturated carbocycles. The highest BCUT2D eigenvalue weighted by atomic mass is 32.2. The zero-order valence-corrected chi connectivity index (χ0v) is 15.6. The molecule has 24 heavy (non-hydrogen) atoms. The Hall–Kier alpha value is -2.02. The lowest BCUT2D eigenvalue weighted by Crippen LogP contribution is -2.29. The van der Waals surface area contributed by atoms with E-state index in [9.17, 15) is 4.79 Å². The van der Waals surface area contributed by atoms with Crippen LogP contribution in [-0.4, -0.2) is 36.0 Å². The summed E-state index contributed by atoms with van der Waals surface area (Å²) in [5, 5.41) is 3.52. The number of aryl methyl sites for hydroxylation is 1. The molecule has 0 bridgehead atoms. The van der Waals surface area contributed by atoms with Gasteiger partial charge in [-0.15, -0.1) is 0 Å². The maximum atomic E-state index is 11.9. The van der Waals surface area contributed by atoms with Crippen molar-refractivity contribution in [2.24, 2.45) is 0 Å². The molecule has 130 valence electrons. The molecule has 2 heterocycles. The molecule has 0 saturated heterocycles. The van der Waals surface area contributed by atoms with E-state index in [1.54, 1.807) is 6.07 Å². The normalized spacial score (nSPS) is 10.9. The van der Waals surface area contributed by atoms with Crippen LogP contribution in [0.1, 0.15) is 42.8 Å². The summed E-state index contributed by atoms with van der Waals surface area (Å²) in [7, 11) is 3.92. The Morgan fingerprint density at radius 2 is 2.08 bits per heavy atom. The molecule has 0 aliphatic heterocycles. The molecule has 1 N–H and O–H groups in total. The summed E-state index contributed by atoms with van der Waals surface area (Å²) < 4.78 is 5.60. The van der Waals surface area contributed by atoms with Crippen LogP contribution in [0, 0.1) is 0 Å². The number of hydrogen-bond donors (Lipinski definition) is 1. The number of amides is 1. The summed E-state index contributed by atoms with van der Waals surface area (Å²) >= 11 is 1.50. The first-order valence-corrected chi connectivity index (χ1v) is 8.95. The van der Waals surface area contributed by atoms with Gasteiger partial charge in [0.05, 0.1) is 5.75 Å². The zero-order valence-electron chi connectivity index (χ0n) is 14.8. The average Bonchev–Trinajstić information content (AvgIpc) is 3.01.